The molecule has 2 aromatic heterocycles. The van der Waals surface area contributed by atoms with Gasteiger partial charge in [0.05, 0.1) is 11.4 Å². The Labute approximate surface area is 163 Å². The van der Waals surface area contributed by atoms with E-state index >= 15 is 0 Å². The predicted octanol–water partition coefficient (Wildman–Crippen LogP) is 4.42. The van der Waals surface area contributed by atoms with Crippen LogP contribution in [0.15, 0.2) is 6.07 Å². The summed E-state index contributed by atoms with van der Waals surface area (Å²) in [7, 11) is 0. The van der Waals surface area contributed by atoms with Gasteiger partial charge in [0.25, 0.3) is 5.91 Å². The summed E-state index contributed by atoms with van der Waals surface area (Å²) >= 11 is 6.95. The molecule has 1 fully saturated rings. The van der Waals surface area contributed by atoms with E-state index in [-0.39, 0.29) is 5.91 Å². The lowest BCUT2D eigenvalue weighted by Crippen LogP contribution is -2.26. The van der Waals surface area contributed by atoms with Crippen LogP contribution in [0.25, 0.3) is 0 Å². The van der Waals surface area contributed by atoms with Crippen molar-refractivity contribution in [2.45, 2.75) is 65.5 Å². The van der Waals surface area contributed by atoms with Gasteiger partial charge in [0.1, 0.15) is 0 Å². The minimum atomic E-state index is -0.00651. The highest BCUT2D eigenvalue weighted by Crippen LogP contribution is 2.40. The molecule has 7 heteroatoms. The SMILES string of the molecule is CC(C)(C)C1CCc2sc(C(=O)NCc3n[nH]c(=S)n3C3CC3)cc2C1. The number of hydrogen-bond donors (Lipinski definition) is 2. The first-order valence-corrected chi connectivity index (χ1v) is 10.6. The maximum absolute atomic E-state index is 12.6. The van der Waals surface area contributed by atoms with Gasteiger partial charge in [0.2, 0.25) is 0 Å². The lowest BCUT2D eigenvalue weighted by atomic mass is 9.72. The first-order valence-electron chi connectivity index (χ1n) is 9.38. The zero-order valence-corrected chi connectivity index (χ0v) is 17.2. The molecule has 0 radical (unpaired) electrons. The van der Waals surface area contributed by atoms with Crippen LogP contribution in [0.5, 0.6) is 0 Å². The van der Waals surface area contributed by atoms with E-state index < -0.39 is 0 Å². The number of aromatic nitrogens is 3. The van der Waals surface area contributed by atoms with Gasteiger partial charge < -0.3 is 5.32 Å². The van der Waals surface area contributed by atoms with Crippen molar-refractivity contribution in [1.82, 2.24) is 20.1 Å². The third kappa shape index (κ3) is 3.51. The van der Waals surface area contributed by atoms with E-state index in [2.05, 4.69) is 42.4 Å². The molecule has 1 unspecified atom stereocenters. The summed E-state index contributed by atoms with van der Waals surface area (Å²) in [5, 5.41) is 10.2. The Morgan fingerprint density at radius 2 is 2.19 bits per heavy atom. The van der Waals surface area contributed by atoms with Crippen molar-refractivity contribution in [3.05, 3.63) is 32.0 Å². The number of aromatic amines is 1. The summed E-state index contributed by atoms with van der Waals surface area (Å²) in [4.78, 5) is 14.8. The second-order valence-electron chi connectivity index (χ2n) is 8.59. The zero-order valence-electron chi connectivity index (χ0n) is 15.6. The number of H-pyrrole nitrogens is 1. The van der Waals surface area contributed by atoms with E-state index in [1.807, 2.05) is 4.57 Å². The Bertz CT molecular complexity index is 882. The third-order valence-corrected chi connectivity index (χ3v) is 7.15. The van der Waals surface area contributed by atoms with Gasteiger partial charge in [-0.05, 0) is 67.3 Å². The molecule has 1 atom stereocenters. The van der Waals surface area contributed by atoms with Gasteiger partial charge in [0.15, 0.2) is 10.6 Å². The number of aryl methyl sites for hydroxylation is 1. The summed E-state index contributed by atoms with van der Waals surface area (Å²) in [5.74, 6) is 1.50. The van der Waals surface area contributed by atoms with E-state index in [0.29, 0.717) is 28.7 Å². The van der Waals surface area contributed by atoms with Crippen LogP contribution in [0.2, 0.25) is 0 Å². The normalized spacial score (nSPS) is 20.0. The summed E-state index contributed by atoms with van der Waals surface area (Å²) < 4.78 is 2.69. The highest BCUT2D eigenvalue weighted by molar-refractivity contribution is 7.71. The van der Waals surface area contributed by atoms with Crippen molar-refractivity contribution in [1.29, 1.82) is 0 Å². The zero-order chi connectivity index (χ0) is 18.5. The second-order valence-corrected chi connectivity index (χ2v) is 10.1. The largest absolute Gasteiger partial charge is 0.344 e. The molecule has 2 aliphatic carbocycles. The smallest absolute Gasteiger partial charge is 0.261 e. The van der Waals surface area contributed by atoms with Crippen LogP contribution in [0.3, 0.4) is 0 Å². The standard InChI is InChI=1S/C19H26N4OS2/c1-19(2,3)12-4-7-14-11(8-12)9-15(26-14)17(24)20-10-16-21-22-18(25)23(16)13-5-6-13/h9,12-13H,4-8,10H2,1-3H3,(H,20,24)(H,22,25). The number of nitrogens with one attached hydrogen (secondary N) is 2. The molecule has 26 heavy (non-hydrogen) atoms. The molecule has 2 aromatic rings. The average Bonchev–Trinajstić information content (AvgIpc) is 3.21. The second kappa shape index (κ2) is 6.60. The number of carbonyl (C=O) groups excluding carboxylic acids is 1. The summed E-state index contributed by atoms with van der Waals surface area (Å²) in [5.41, 5.74) is 1.69. The number of fused-ring (bicyclic) bond motifs is 1. The van der Waals surface area contributed by atoms with Crippen molar-refractivity contribution in [2.75, 3.05) is 0 Å². The van der Waals surface area contributed by atoms with Crippen LogP contribution in [-0.4, -0.2) is 20.7 Å². The molecule has 0 bridgehead atoms. The Balaban J connectivity index is 1.44. The lowest BCUT2D eigenvalue weighted by Gasteiger charge is -2.33. The Morgan fingerprint density at radius 3 is 2.88 bits per heavy atom. The van der Waals surface area contributed by atoms with Crippen molar-refractivity contribution >= 4 is 29.5 Å². The van der Waals surface area contributed by atoms with Gasteiger partial charge in [-0.25, -0.2) is 0 Å². The minimum Gasteiger partial charge on any atom is -0.344 e. The maximum Gasteiger partial charge on any atom is 0.261 e. The van der Waals surface area contributed by atoms with Gasteiger partial charge in [-0.3, -0.25) is 14.5 Å². The summed E-state index contributed by atoms with van der Waals surface area (Å²) in [6.07, 6.45) is 5.68. The molecular formula is C19H26N4OS2. The minimum absolute atomic E-state index is 0.00651. The number of hydrogen-bond acceptors (Lipinski definition) is 4. The van der Waals surface area contributed by atoms with E-state index in [0.717, 1.165) is 36.4 Å². The molecule has 1 amide bonds. The number of rotatable bonds is 4. The average molecular weight is 391 g/mol. The molecule has 4 rings (SSSR count). The Morgan fingerprint density at radius 1 is 1.42 bits per heavy atom. The molecule has 0 aromatic carbocycles. The summed E-state index contributed by atoms with van der Waals surface area (Å²) in [6.45, 7) is 7.36. The van der Waals surface area contributed by atoms with Crippen molar-refractivity contribution in [2.24, 2.45) is 11.3 Å². The fourth-order valence-corrected chi connectivity index (χ4v) is 5.22. The van der Waals surface area contributed by atoms with Crippen LogP contribution in [0.1, 0.15) is 72.0 Å². The maximum atomic E-state index is 12.6. The van der Waals surface area contributed by atoms with Gasteiger partial charge in [0, 0.05) is 10.9 Å². The number of carbonyl (C=O) groups is 1. The molecule has 1 saturated carbocycles. The van der Waals surface area contributed by atoms with E-state index in [1.54, 1.807) is 11.3 Å². The highest BCUT2D eigenvalue weighted by Gasteiger charge is 2.31. The molecule has 2 N–H and O–H groups in total. The third-order valence-electron chi connectivity index (χ3n) is 5.63. The van der Waals surface area contributed by atoms with E-state index in [4.69, 9.17) is 12.2 Å². The van der Waals surface area contributed by atoms with Crippen LogP contribution in [-0.2, 0) is 19.4 Å². The van der Waals surface area contributed by atoms with Gasteiger partial charge in [-0.15, -0.1) is 11.3 Å². The van der Waals surface area contributed by atoms with Crippen molar-refractivity contribution in [3.8, 4) is 0 Å². The number of thiophene rings is 1. The Kier molecular flexibility index (Phi) is 4.55. The molecular weight excluding hydrogens is 364 g/mol. The van der Waals surface area contributed by atoms with Gasteiger partial charge in [-0.2, -0.15) is 5.10 Å². The molecule has 0 saturated heterocycles. The molecule has 5 nitrogen and oxygen atoms in total. The monoisotopic (exact) mass is 390 g/mol. The number of amides is 1. The first kappa shape index (κ1) is 17.9. The molecule has 2 aliphatic rings. The predicted molar refractivity (Wildman–Crippen MR) is 106 cm³/mol. The van der Waals surface area contributed by atoms with Gasteiger partial charge in [-0.1, -0.05) is 20.8 Å². The van der Waals surface area contributed by atoms with Crippen LogP contribution >= 0.6 is 23.6 Å². The fourth-order valence-electron chi connectivity index (χ4n) is 3.79. The fraction of sp³-hybridized carbons (Fsp3) is 0.632. The van der Waals surface area contributed by atoms with E-state index in [1.165, 1.54) is 16.9 Å². The quantitative estimate of drug-likeness (QED) is 0.760. The van der Waals surface area contributed by atoms with Crippen molar-refractivity contribution < 1.29 is 4.79 Å². The first-order chi connectivity index (χ1) is 12.3. The number of nitrogens with zero attached hydrogens (tertiary/aromatic N) is 2. The van der Waals surface area contributed by atoms with Crippen LogP contribution in [0.4, 0.5) is 0 Å². The molecule has 140 valence electrons. The molecule has 2 heterocycles. The molecule has 0 spiro atoms. The highest BCUT2D eigenvalue weighted by atomic mass is 32.1. The molecule has 0 aliphatic heterocycles. The van der Waals surface area contributed by atoms with Crippen molar-refractivity contribution in [3.63, 3.8) is 0 Å². The topological polar surface area (TPSA) is 62.7 Å². The van der Waals surface area contributed by atoms with Crippen LogP contribution < -0.4 is 5.32 Å². The lowest BCUT2D eigenvalue weighted by molar-refractivity contribution is 0.0953. The summed E-state index contributed by atoms with van der Waals surface area (Å²) in [6, 6.07) is 2.56. The Hall–Kier alpha value is -1.47. The van der Waals surface area contributed by atoms with Crippen LogP contribution in [0, 0.1) is 16.1 Å². The van der Waals surface area contributed by atoms with Gasteiger partial charge >= 0.3 is 0 Å². The van der Waals surface area contributed by atoms with E-state index in [9.17, 15) is 4.79 Å².